The van der Waals surface area contributed by atoms with Gasteiger partial charge in [-0.2, -0.15) is 0 Å². The molecule has 1 amide bonds. The van der Waals surface area contributed by atoms with Gasteiger partial charge >= 0.3 is 6.09 Å². The van der Waals surface area contributed by atoms with Crippen LogP contribution in [0.3, 0.4) is 0 Å². The molecule has 1 aliphatic heterocycles. The first-order chi connectivity index (χ1) is 11.5. The van der Waals surface area contributed by atoms with Crippen LogP contribution in [0.25, 0.3) is 0 Å². The van der Waals surface area contributed by atoms with Crippen LogP contribution in [0.2, 0.25) is 0 Å². The molecular formula is C18H38IN5O2. The average molecular weight is 483 g/mol. The smallest absolute Gasteiger partial charge is 0.410 e. The van der Waals surface area contributed by atoms with Crippen molar-refractivity contribution in [2.24, 2.45) is 4.99 Å². The molecule has 0 spiro atoms. The van der Waals surface area contributed by atoms with Gasteiger partial charge in [-0.05, 0) is 54.5 Å². The van der Waals surface area contributed by atoms with Crippen LogP contribution in [0.1, 0.15) is 48.0 Å². The van der Waals surface area contributed by atoms with Crippen LogP contribution in [-0.2, 0) is 4.74 Å². The summed E-state index contributed by atoms with van der Waals surface area (Å²) in [6.07, 6.45) is 0.836. The number of guanidine groups is 1. The van der Waals surface area contributed by atoms with Crippen molar-refractivity contribution in [3.8, 4) is 0 Å². The molecule has 0 radical (unpaired) electrons. The average Bonchev–Trinajstić information content (AvgIpc) is 2.48. The lowest BCUT2D eigenvalue weighted by atomic mass is 10.1. The first-order valence-corrected chi connectivity index (χ1v) is 9.19. The van der Waals surface area contributed by atoms with E-state index < -0.39 is 5.60 Å². The highest BCUT2D eigenvalue weighted by atomic mass is 127. The fourth-order valence-corrected chi connectivity index (χ4v) is 2.52. The molecule has 0 atom stereocenters. The van der Waals surface area contributed by atoms with E-state index in [-0.39, 0.29) is 35.6 Å². The summed E-state index contributed by atoms with van der Waals surface area (Å²) < 4.78 is 5.43. The third-order valence-electron chi connectivity index (χ3n) is 3.68. The van der Waals surface area contributed by atoms with E-state index in [0.717, 1.165) is 51.6 Å². The van der Waals surface area contributed by atoms with Crippen molar-refractivity contribution >= 4 is 36.0 Å². The zero-order valence-corrected chi connectivity index (χ0v) is 19.8. The summed E-state index contributed by atoms with van der Waals surface area (Å²) in [5.74, 6) is 0.835. The van der Waals surface area contributed by atoms with Crippen molar-refractivity contribution in [1.29, 1.82) is 0 Å². The number of hydrogen-bond acceptors (Lipinski definition) is 4. The van der Waals surface area contributed by atoms with Gasteiger partial charge in [-0.3, -0.25) is 9.89 Å². The van der Waals surface area contributed by atoms with Crippen LogP contribution in [0, 0.1) is 0 Å². The summed E-state index contributed by atoms with van der Waals surface area (Å²) in [7, 11) is 1.79. The summed E-state index contributed by atoms with van der Waals surface area (Å²) in [6.45, 7) is 17.2. The largest absolute Gasteiger partial charge is 0.444 e. The maximum absolute atomic E-state index is 12.1. The molecule has 1 rings (SSSR count). The van der Waals surface area contributed by atoms with Gasteiger partial charge in [0.25, 0.3) is 0 Å². The molecule has 0 bridgehead atoms. The zero-order valence-electron chi connectivity index (χ0n) is 17.5. The molecule has 0 aromatic rings. The number of rotatable bonds is 4. The third kappa shape index (κ3) is 11.1. The number of hydrogen-bond donors (Lipinski definition) is 2. The standard InChI is InChI=1S/C18H37N5O2.HI/c1-17(2,3)21-15(19-7)20-9-8-10-22-11-13-23(14-12-22)16(24)25-18(4,5)6;/h8-14H2,1-7H3,(H2,19,20,21);1H. The van der Waals surface area contributed by atoms with Crippen LogP contribution >= 0.6 is 24.0 Å². The molecule has 0 aromatic heterocycles. The van der Waals surface area contributed by atoms with Gasteiger partial charge in [0.2, 0.25) is 0 Å². The summed E-state index contributed by atoms with van der Waals surface area (Å²) >= 11 is 0. The van der Waals surface area contributed by atoms with E-state index in [1.165, 1.54) is 0 Å². The normalized spacial score (nSPS) is 16.7. The fraction of sp³-hybridized carbons (Fsp3) is 0.889. The Morgan fingerprint density at radius 3 is 2.12 bits per heavy atom. The van der Waals surface area contributed by atoms with Crippen molar-refractivity contribution in [3.05, 3.63) is 0 Å². The maximum Gasteiger partial charge on any atom is 0.410 e. The van der Waals surface area contributed by atoms with Gasteiger partial charge in [0, 0.05) is 45.3 Å². The first kappa shape index (κ1) is 25.2. The van der Waals surface area contributed by atoms with Crippen LogP contribution in [0.5, 0.6) is 0 Å². The first-order valence-electron chi connectivity index (χ1n) is 9.19. The predicted molar refractivity (Wildman–Crippen MR) is 119 cm³/mol. The van der Waals surface area contributed by atoms with E-state index in [4.69, 9.17) is 4.74 Å². The SMILES string of the molecule is CN=C(NCCCN1CCN(C(=O)OC(C)(C)C)CC1)NC(C)(C)C.I. The Morgan fingerprint density at radius 2 is 1.65 bits per heavy atom. The second-order valence-electron chi connectivity index (χ2n) is 8.54. The summed E-state index contributed by atoms with van der Waals surface area (Å²) in [5.41, 5.74) is -0.431. The Morgan fingerprint density at radius 1 is 1.08 bits per heavy atom. The number of ether oxygens (including phenoxy) is 1. The quantitative estimate of drug-likeness (QED) is 0.279. The molecule has 2 N–H and O–H groups in total. The van der Waals surface area contributed by atoms with E-state index in [2.05, 4.69) is 41.3 Å². The van der Waals surface area contributed by atoms with E-state index in [9.17, 15) is 4.79 Å². The summed E-state index contributed by atoms with van der Waals surface area (Å²) in [4.78, 5) is 20.5. The molecule has 1 fully saturated rings. The molecule has 26 heavy (non-hydrogen) atoms. The highest BCUT2D eigenvalue weighted by molar-refractivity contribution is 14.0. The Labute approximate surface area is 176 Å². The second kappa shape index (κ2) is 11.2. The van der Waals surface area contributed by atoms with Crippen LogP contribution in [0.15, 0.2) is 4.99 Å². The molecule has 0 aliphatic carbocycles. The zero-order chi connectivity index (χ0) is 19.1. The lowest BCUT2D eigenvalue weighted by Crippen LogP contribution is -2.50. The molecule has 8 heteroatoms. The third-order valence-corrected chi connectivity index (χ3v) is 3.68. The van der Waals surface area contributed by atoms with Crippen molar-refractivity contribution < 1.29 is 9.53 Å². The Kier molecular flexibility index (Phi) is 10.8. The summed E-state index contributed by atoms with van der Waals surface area (Å²) in [6, 6.07) is 0. The van der Waals surface area contributed by atoms with Crippen molar-refractivity contribution in [2.75, 3.05) is 46.3 Å². The van der Waals surface area contributed by atoms with E-state index >= 15 is 0 Å². The van der Waals surface area contributed by atoms with E-state index in [1.807, 2.05) is 20.8 Å². The molecule has 0 unspecified atom stereocenters. The number of amides is 1. The minimum atomic E-state index is -0.431. The highest BCUT2D eigenvalue weighted by Crippen LogP contribution is 2.11. The van der Waals surface area contributed by atoms with Gasteiger partial charge in [-0.1, -0.05) is 0 Å². The number of carbonyl (C=O) groups is 1. The highest BCUT2D eigenvalue weighted by Gasteiger charge is 2.25. The number of halogens is 1. The Bertz CT molecular complexity index is 449. The Balaban J connectivity index is 0.00000625. The van der Waals surface area contributed by atoms with E-state index in [1.54, 1.807) is 11.9 Å². The molecule has 0 aromatic carbocycles. The van der Waals surface area contributed by atoms with Gasteiger partial charge in [0.15, 0.2) is 5.96 Å². The summed E-state index contributed by atoms with van der Waals surface area (Å²) in [5, 5.41) is 6.69. The molecular weight excluding hydrogens is 445 g/mol. The lowest BCUT2D eigenvalue weighted by molar-refractivity contribution is 0.0145. The van der Waals surface area contributed by atoms with Gasteiger partial charge in [-0.15, -0.1) is 24.0 Å². The number of nitrogens with zero attached hydrogens (tertiary/aromatic N) is 3. The number of piperazine rings is 1. The molecule has 7 nitrogen and oxygen atoms in total. The van der Waals surface area contributed by atoms with Gasteiger partial charge in [-0.25, -0.2) is 4.79 Å². The predicted octanol–water partition coefficient (Wildman–Crippen LogP) is 2.51. The lowest BCUT2D eigenvalue weighted by Gasteiger charge is -2.35. The topological polar surface area (TPSA) is 69.2 Å². The molecule has 1 aliphatic rings. The van der Waals surface area contributed by atoms with Crippen LogP contribution in [0.4, 0.5) is 4.79 Å². The number of nitrogens with one attached hydrogen (secondary N) is 2. The minimum absolute atomic E-state index is 0. The van der Waals surface area contributed by atoms with Gasteiger partial charge in [0.1, 0.15) is 5.60 Å². The monoisotopic (exact) mass is 483 g/mol. The molecule has 0 saturated carbocycles. The molecule has 154 valence electrons. The van der Waals surface area contributed by atoms with Crippen LogP contribution < -0.4 is 10.6 Å². The second-order valence-corrected chi connectivity index (χ2v) is 8.54. The van der Waals surface area contributed by atoms with Gasteiger partial charge < -0.3 is 20.3 Å². The van der Waals surface area contributed by atoms with E-state index in [0.29, 0.717) is 0 Å². The fourth-order valence-electron chi connectivity index (χ4n) is 2.52. The van der Waals surface area contributed by atoms with Crippen molar-refractivity contribution in [1.82, 2.24) is 20.4 Å². The van der Waals surface area contributed by atoms with Crippen molar-refractivity contribution in [3.63, 3.8) is 0 Å². The van der Waals surface area contributed by atoms with Crippen molar-refractivity contribution in [2.45, 2.75) is 59.1 Å². The molecule has 1 saturated heterocycles. The van der Waals surface area contributed by atoms with Gasteiger partial charge in [0.05, 0.1) is 0 Å². The minimum Gasteiger partial charge on any atom is -0.444 e. The molecule has 1 heterocycles. The number of carbonyl (C=O) groups excluding carboxylic acids is 1. The Hall–Kier alpha value is -0.770. The van der Waals surface area contributed by atoms with Crippen LogP contribution in [-0.4, -0.2) is 79.3 Å². The maximum atomic E-state index is 12.1. The number of aliphatic imine (C=N–C) groups is 1.